The van der Waals surface area contributed by atoms with Crippen LogP contribution < -0.4 is 15.5 Å². The number of nitrogens with one attached hydrogen (secondary N) is 3. The van der Waals surface area contributed by atoms with E-state index in [1.165, 1.54) is 5.69 Å². The molecule has 0 aliphatic heterocycles. The summed E-state index contributed by atoms with van der Waals surface area (Å²) in [5.74, 6) is 1.02. The summed E-state index contributed by atoms with van der Waals surface area (Å²) in [7, 11) is 4.13. The summed E-state index contributed by atoms with van der Waals surface area (Å²) in [6.45, 7) is 0. The summed E-state index contributed by atoms with van der Waals surface area (Å²) in [6.07, 6.45) is 6.35. The second-order valence-electron chi connectivity index (χ2n) is 9.23. The second kappa shape index (κ2) is 9.14. The normalized spacial score (nSPS) is 18.4. The van der Waals surface area contributed by atoms with Gasteiger partial charge in [-0.15, -0.1) is 0 Å². The molecule has 3 N–H and O–H groups in total. The van der Waals surface area contributed by atoms with Crippen molar-refractivity contribution in [2.45, 2.75) is 44.2 Å². The van der Waals surface area contributed by atoms with E-state index >= 15 is 0 Å². The van der Waals surface area contributed by atoms with Gasteiger partial charge in [-0.3, -0.25) is 4.79 Å². The molecule has 2 aromatic heterocycles. The molecule has 0 saturated heterocycles. The molecule has 170 valence electrons. The van der Waals surface area contributed by atoms with Gasteiger partial charge < -0.3 is 20.5 Å². The van der Waals surface area contributed by atoms with Gasteiger partial charge in [0.1, 0.15) is 5.82 Å². The number of hydrogen-bond donors (Lipinski definition) is 3. The van der Waals surface area contributed by atoms with Gasteiger partial charge in [0.15, 0.2) is 0 Å². The molecular weight excluding hydrogens is 410 g/mol. The molecule has 2 aromatic carbocycles. The fourth-order valence-corrected chi connectivity index (χ4v) is 4.92. The van der Waals surface area contributed by atoms with Crippen LogP contribution in [0.2, 0.25) is 0 Å². The third-order valence-corrected chi connectivity index (χ3v) is 6.65. The Labute approximate surface area is 194 Å². The molecule has 0 bridgehead atoms. The van der Waals surface area contributed by atoms with E-state index in [9.17, 15) is 4.79 Å². The lowest BCUT2D eigenvalue weighted by Gasteiger charge is -2.30. The van der Waals surface area contributed by atoms with Crippen molar-refractivity contribution in [3.8, 4) is 0 Å². The maximum atomic E-state index is 12.7. The van der Waals surface area contributed by atoms with E-state index in [1.807, 2.05) is 30.5 Å². The summed E-state index contributed by atoms with van der Waals surface area (Å²) >= 11 is 0. The molecule has 0 unspecified atom stereocenters. The van der Waals surface area contributed by atoms with Gasteiger partial charge >= 0.3 is 0 Å². The van der Waals surface area contributed by atoms with Gasteiger partial charge in [0, 0.05) is 60.4 Å². The van der Waals surface area contributed by atoms with Crippen LogP contribution >= 0.6 is 0 Å². The minimum Gasteiger partial charge on any atom is -0.377 e. The molecule has 1 fully saturated rings. The summed E-state index contributed by atoms with van der Waals surface area (Å²) in [4.78, 5) is 22.9. The van der Waals surface area contributed by atoms with Gasteiger partial charge in [-0.25, -0.2) is 4.98 Å². The number of benzene rings is 2. The Hall–Kier alpha value is -3.54. The Morgan fingerprint density at radius 3 is 2.48 bits per heavy atom. The first-order valence-electron chi connectivity index (χ1n) is 11.7. The van der Waals surface area contributed by atoms with Crippen molar-refractivity contribution < 1.29 is 4.79 Å². The van der Waals surface area contributed by atoms with Crippen LogP contribution in [0.15, 0.2) is 60.8 Å². The highest BCUT2D eigenvalue weighted by molar-refractivity contribution is 5.93. The molecule has 5 rings (SSSR count). The Morgan fingerprint density at radius 2 is 1.70 bits per heavy atom. The topological polar surface area (TPSA) is 73.0 Å². The molecule has 1 aliphatic rings. The van der Waals surface area contributed by atoms with Crippen molar-refractivity contribution >= 4 is 39.2 Å². The summed E-state index contributed by atoms with van der Waals surface area (Å²) in [5, 5.41) is 9.18. The van der Waals surface area contributed by atoms with Crippen LogP contribution in [0.3, 0.4) is 0 Å². The van der Waals surface area contributed by atoms with Crippen LogP contribution in [0, 0.1) is 0 Å². The second-order valence-corrected chi connectivity index (χ2v) is 9.23. The third-order valence-electron chi connectivity index (χ3n) is 6.65. The average molecular weight is 442 g/mol. The van der Waals surface area contributed by atoms with Crippen LogP contribution in [0.25, 0.3) is 21.8 Å². The molecule has 1 amide bonds. The Morgan fingerprint density at radius 1 is 1.00 bits per heavy atom. The van der Waals surface area contributed by atoms with E-state index in [-0.39, 0.29) is 11.9 Å². The molecule has 6 nitrogen and oxygen atoms in total. The number of rotatable bonds is 6. The highest BCUT2D eigenvalue weighted by Crippen LogP contribution is 2.29. The van der Waals surface area contributed by atoms with Crippen LogP contribution in [-0.4, -0.2) is 42.1 Å². The van der Waals surface area contributed by atoms with Crippen molar-refractivity contribution in [3.05, 3.63) is 66.4 Å². The zero-order valence-electron chi connectivity index (χ0n) is 19.3. The van der Waals surface area contributed by atoms with Crippen molar-refractivity contribution in [1.29, 1.82) is 0 Å². The number of carbonyl (C=O) groups excluding carboxylic acids is 1. The van der Waals surface area contributed by atoms with Gasteiger partial charge in [0.05, 0.1) is 11.9 Å². The molecule has 1 aliphatic carbocycles. The SMILES string of the molecule is CN(C)c1cc(N[C@H]2CC[C@@H](NC(=O)Cc3c[nH]c4ccccc34)CC2)nc2ccccc12. The minimum absolute atomic E-state index is 0.1000. The minimum atomic E-state index is 0.1000. The zero-order chi connectivity index (χ0) is 22.8. The van der Waals surface area contributed by atoms with E-state index < -0.39 is 0 Å². The smallest absolute Gasteiger partial charge is 0.224 e. The first-order valence-corrected chi connectivity index (χ1v) is 11.7. The number of aromatic nitrogens is 2. The summed E-state index contributed by atoms with van der Waals surface area (Å²) < 4.78 is 0. The van der Waals surface area contributed by atoms with Crippen molar-refractivity contribution in [2.24, 2.45) is 0 Å². The highest BCUT2D eigenvalue weighted by atomic mass is 16.1. The lowest BCUT2D eigenvalue weighted by atomic mass is 9.91. The van der Waals surface area contributed by atoms with E-state index in [4.69, 9.17) is 4.98 Å². The fraction of sp³-hybridized carbons (Fsp3) is 0.333. The molecule has 1 saturated carbocycles. The van der Waals surface area contributed by atoms with Crippen LogP contribution in [0.1, 0.15) is 31.2 Å². The first kappa shape index (κ1) is 21.3. The Kier molecular flexibility index (Phi) is 5.90. The third kappa shape index (κ3) is 4.65. The summed E-state index contributed by atoms with van der Waals surface area (Å²) in [6, 6.07) is 19.1. The number of anilines is 2. The molecule has 4 aromatic rings. The van der Waals surface area contributed by atoms with Crippen LogP contribution in [0.4, 0.5) is 11.5 Å². The maximum Gasteiger partial charge on any atom is 0.224 e. The first-order chi connectivity index (χ1) is 16.1. The molecule has 2 heterocycles. The van der Waals surface area contributed by atoms with Gasteiger partial charge in [-0.1, -0.05) is 36.4 Å². The molecule has 0 atom stereocenters. The van der Waals surface area contributed by atoms with Crippen LogP contribution in [0.5, 0.6) is 0 Å². The number of amides is 1. The maximum absolute atomic E-state index is 12.7. The quantitative estimate of drug-likeness (QED) is 0.399. The van der Waals surface area contributed by atoms with E-state index in [2.05, 4.69) is 64.9 Å². The zero-order valence-corrected chi connectivity index (χ0v) is 19.3. The predicted octanol–water partition coefficient (Wildman–Crippen LogP) is 4.86. The number of carbonyl (C=O) groups is 1. The fourth-order valence-electron chi connectivity index (χ4n) is 4.92. The highest BCUT2D eigenvalue weighted by Gasteiger charge is 2.23. The Bertz CT molecular complexity index is 1270. The van der Waals surface area contributed by atoms with Gasteiger partial charge in [0.2, 0.25) is 5.91 Å². The number of hydrogen-bond acceptors (Lipinski definition) is 4. The summed E-state index contributed by atoms with van der Waals surface area (Å²) in [5.41, 5.74) is 4.30. The van der Waals surface area contributed by atoms with Gasteiger partial charge in [-0.05, 0) is 43.4 Å². The number of nitrogens with zero attached hydrogens (tertiary/aromatic N) is 2. The number of para-hydroxylation sites is 2. The number of H-pyrrole nitrogens is 1. The largest absolute Gasteiger partial charge is 0.377 e. The monoisotopic (exact) mass is 441 g/mol. The standard InChI is InChI=1S/C27H31N5O/c1-32(2)25-16-26(31-24-10-6-4-8-22(24)25)29-19-11-13-20(14-12-19)30-27(33)15-18-17-28-23-9-5-3-7-21(18)23/h3-10,16-17,19-20,28H,11-15H2,1-2H3,(H,29,31)(H,30,33)/t19-,20+. The van der Waals surface area contributed by atoms with Crippen LogP contribution in [-0.2, 0) is 11.2 Å². The number of pyridine rings is 1. The van der Waals surface area contributed by atoms with Crippen molar-refractivity contribution in [1.82, 2.24) is 15.3 Å². The van der Waals surface area contributed by atoms with E-state index in [1.54, 1.807) is 0 Å². The van der Waals surface area contributed by atoms with E-state index in [0.29, 0.717) is 12.5 Å². The van der Waals surface area contributed by atoms with Gasteiger partial charge in [-0.2, -0.15) is 0 Å². The Balaban J connectivity index is 1.17. The molecule has 6 heteroatoms. The lowest BCUT2D eigenvalue weighted by Crippen LogP contribution is -2.40. The van der Waals surface area contributed by atoms with Gasteiger partial charge in [0.25, 0.3) is 0 Å². The van der Waals surface area contributed by atoms with Crippen molar-refractivity contribution in [2.75, 3.05) is 24.3 Å². The molecule has 0 radical (unpaired) electrons. The molecular formula is C27H31N5O. The number of fused-ring (bicyclic) bond motifs is 2. The average Bonchev–Trinajstić information content (AvgIpc) is 3.22. The lowest BCUT2D eigenvalue weighted by molar-refractivity contribution is -0.121. The molecule has 0 spiro atoms. The predicted molar refractivity (Wildman–Crippen MR) is 136 cm³/mol. The van der Waals surface area contributed by atoms with E-state index in [0.717, 1.165) is 58.9 Å². The number of aromatic amines is 1. The molecule has 33 heavy (non-hydrogen) atoms. The van der Waals surface area contributed by atoms with Crippen molar-refractivity contribution in [3.63, 3.8) is 0 Å².